The zero-order chi connectivity index (χ0) is 26.9. The number of hydrogen-bond acceptors (Lipinski definition) is 6. The number of thiophene rings is 1. The lowest BCUT2D eigenvalue weighted by atomic mass is 10.0. The Hall–Kier alpha value is -4.44. The molecule has 196 valence electrons. The van der Waals surface area contributed by atoms with Crippen molar-refractivity contribution in [1.82, 2.24) is 15.5 Å². The number of furan rings is 1. The second-order valence-electron chi connectivity index (χ2n) is 8.21. The van der Waals surface area contributed by atoms with Crippen molar-refractivity contribution in [3.05, 3.63) is 112 Å². The van der Waals surface area contributed by atoms with Crippen molar-refractivity contribution in [1.29, 1.82) is 0 Å². The minimum Gasteiger partial charge on any atom is -0.496 e. The normalized spacial score (nSPS) is 11.4. The quantitative estimate of drug-likeness (QED) is 0.298. The number of para-hydroxylation sites is 1. The summed E-state index contributed by atoms with van der Waals surface area (Å²) in [7, 11) is 1.50. The number of carbonyl (C=O) groups excluding carboxylic acids is 3. The van der Waals surface area contributed by atoms with E-state index in [0.717, 1.165) is 0 Å². The van der Waals surface area contributed by atoms with Crippen molar-refractivity contribution in [2.45, 2.75) is 19.1 Å². The largest absolute Gasteiger partial charge is 0.496 e. The average Bonchev–Trinajstić information content (AvgIpc) is 3.66. The Kier molecular flexibility index (Phi) is 8.89. The Morgan fingerprint density at radius 2 is 1.79 bits per heavy atom. The summed E-state index contributed by atoms with van der Waals surface area (Å²) in [4.78, 5) is 41.4. The lowest BCUT2D eigenvalue weighted by Crippen LogP contribution is -2.47. The van der Waals surface area contributed by atoms with Crippen LogP contribution in [-0.2, 0) is 22.7 Å². The van der Waals surface area contributed by atoms with Crippen LogP contribution in [-0.4, -0.2) is 36.3 Å². The molecule has 0 saturated heterocycles. The third kappa shape index (κ3) is 6.46. The molecule has 0 aliphatic carbocycles. The number of amides is 3. The number of nitrogens with zero attached hydrogens (tertiary/aromatic N) is 1. The monoisotopic (exact) mass is 535 g/mol. The molecule has 10 heteroatoms. The highest BCUT2D eigenvalue weighted by Gasteiger charge is 2.34. The fourth-order valence-corrected chi connectivity index (χ4v) is 4.56. The van der Waals surface area contributed by atoms with Crippen molar-refractivity contribution in [2.24, 2.45) is 0 Å². The molecular weight excluding hydrogens is 509 g/mol. The molecule has 0 bridgehead atoms. The van der Waals surface area contributed by atoms with Gasteiger partial charge in [0, 0.05) is 11.1 Å². The average molecular weight is 536 g/mol. The van der Waals surface area contributed by atoms with E-state index in [0.29, 0.717) is 22.0 Å². The Morgan fingerprint density at radius 1 is 1.00 bits per heavy atom. The summed E-state index contributed by atoms with van der Waals surface area (Å²) in [6.07, 6.45) is 1.48. The van der Waals surface area contributed by atoms with Crippen LogP contribution < -0.4 is 15.4 Å². The van der Waals surface area contributed by atoms with Gasteiger partial charge >= 0.3 is 0 Å². The van der Waals surface area contributed by atoms with Crippen LogP contribution in [0.15, 0.2) is 88.9 Å². The summed E-state index contributed by atoms with van der Waals surface area (Å²) < 4.78 is 25.8. The number of hydrogen-bond donors (Lipinski definition) is 2. The van der Waals surface area contributed by atoms with E-state index >= 15 is 4.39 Å². The summed E-state index contributed by atoms with van der Waals surface area (Å²) in [5, 5.41) is 7.09. The number of rotatable bonds is 11. The molecule has 2 N–H and O–H groups in total. The zero-order valence-corrected chi connectivity index (χ0v) is 21.4. The van der Waals surface area contributed by atoms with Gasteiger partial charge < -0.3 is 24.7 Å². The molecule has 38 heavy (non-hydrogen) atoms. The van der Waals surface area contributed by atoms with E-state index < -0.39 is 36.1 Å². The molecule has 0 fully saturated rings. The topological polar surface area (TPSA) is 101 Å². The Labute approximate surface area is 223 Å². The molecule has 0 unspecified atom stereocenters. The summed E-state index contributed by atoms with van der Waals surface area (Å²) in [5.41, 5.74) is 0.616. The van der Waals surface area contributed by atoms with E-state index in [1.807, 2.05) is 0 Å². The number of carbonyl (C=O) groups is 3. The zero-order valence-electron chi connectivity index (χ0n) is 20.6. The molecule has 1 atom stereocenters. The van der Waals surface area contributed by atoms with Crippen LogP contribution in [0.4, 0.5) is 4.39 Å². The molecule has 0 aliphatic rings. The SMILES string of the molecule is COc1ccccc1CN(C(=O)CNC(=O)c1cccs1)[C@@H](C(=O)NCc1ccco1)c1ccccc1F. The minimum atomic E-state index is -1.35. The molecule has 8 nitrogen and oxygen atoms in total. The van der Waals surface area contributed by atoms with Crippen LogP contribution in [0.5, 0.6) is 5.75 Å². The third-order valence-electron chi connectivity index (χ3n) is 5.78. The van der Waals surface area contributed by atoms with E-state index in [-0.39, 0.29) is 18.7 Å². The highest BCUT2D eigenvalue weighted by molar-refractivity contribution is 7.12. The molecule has 4 rings (SSSR count). The molecule has 3 amide bonds. The summed E-state index contributed by atoms with van der Waals surface area (Å²) >= 11 is 1.24. The third-order valence-corrected chi connectivity index (χ3v) is 6.64. The Bertz CT molecular complexity index is 1370. The second-order valence-corrected chi connectivity index (χ2v) is 9.16. The minimum absolute atomic E-state index is 0.0114. The molecule has 2 aromatic carbocycles. The molecule has 4 aromatic rings. The number of benzene rings is 2. The van der Waals surface area contributed by atoms with Gasteiger partial charge in [0.1, 0.15) is 23.4 Å². The smallest absolute Gasteiger partial charge is 0.261 e. The van der Waals surface area contributed by atoms with Crippen LogP contribution >= 0.6 is 11.3 Å². The first-order valence-corrected chi connectivity index (χ1v) is 12.6. The molecular formula is C28H26FN3O5S. The fourth-order valence-electron chi connectivity index (χ4n) is 3.92. The maximum Gasteiger partial charge on any atom is 0.261 e. The summed E-state index contributed by atoms with van der Waals surface area (Å²) in [6.45, 7) is -0.435. The van der Waals surface area contributed by atoms with E-state index in [1.165, 1.54) is 47.8 Å². The number of halogens is 1. The summed E-state index contributed by atoms with van der Waals surface area (Å²) in [6, 6.07) is 18.2. The Morgan fingerprint density at radius 3 is 2.50 bits per heavy atom. The van der Waals surface area contributed by atoms with Crippen molar-refractivity contribution in [3.63, 3.8) is 0 Å². The summed E-state index contributed by atoms with van der Waals surface area (Å²) in [5.74, 6) is -1.27. The molecule has 0 saturated carbocycles. The first-order valence-electron chi connectivity index (χ1n) is 11.8. The van der Waals surface area contributed by atoms with E-state index in [9.17, 15) is 14.4 Å². The maximum absolute atomic E-state index is 15.1. The lowest BCUT2D eigenvalue weighted by molar-refractivity contribution is -0.141. The van der Waals surface area contributed by atoms with Crippen LogP contribution in [0.1, 0.15) is 32.6 Å². The highest BCUT2D eigenvalue weighted by Crippen LogP contribution is 2.29. The van der Waals surface area contributed by atoms with Gasteiger partial charge in [-0.3, -0.25) is 14.4 Å². The van der Waals surface area contributed by atoms with E-state index in [1.54, 1.807) is 60.0 Å². The van der Waals surface area contributed by atoms with E-state index in [4.69, 9.17) is 9.15 Å². The van der Waals surface area contributed by atoms with Gasteiger partial charge in [0.15, 0.2) is 0 Å². The van der Waals surface area contributed by atoms with Gasteiger partial charge in [0.2, 0.25) is 11.8 Å². The fraction of sp³-hybridized carbons (Fsp3) is 0.179. The maximum atomic E-state index is 15.1. The lowest BCUT2D eigenvalue weighted by Gasteiger charge is -2.32. The van der Waals surface area contributed by atoms with Gasteiger partial charge in [-0.15, -0.1) is 11.3 Å². The predicted molar refractivity (Wildman–Crippen MR) is 140 cm³/mol. The van der Waals surface area contributed by atoms with E-state index in [2.05, 4.69) is 10.6 Å². The number of methoxy groups -OCH3 is 1. The number of nitrogens with one attached hydrogen (secondary N) is 2. The van der Waals surface area contributed by atoms with Gasteiger partial charge in [0.25, 0.3) is 5.91 Å². The van der Waals surface area contributed by atoms with Gasteiger partial charge in [-0.05, 0) is 35.7 Å². The first-order chi connectivity index (χ1) is 18.5. The van der Waals surface area contributed by atoms with Gasteiger partial charge in [-0.2, -0.15) is 0 Å². The van der Waals surface area contributed by atoms with Crippen molar-refractivity contribution in [3.8, 4) is 5.75 Å². The van der Waals surface area contributed by atoms with Crippen LogP contribution in [0.25, 0.3) is 0 Å². The van der Waals surface area contributed by atoms with Crippen molar-refractivity contribution < 1.29 is 27.9 Å². The molecule has 0 spiro atoms. The van der Waals surface area contributed by atoms with Gasteiger partial charge in [-0.25, -0.2) is 4.39 Å². The highest BCUT2D eigenvalue weighted by atomic mass is 32.1. The Balaban J connectivity index is 1.68. The van der Waals surface area contributed by atoms with Crippen molar-refractivity contribution >= 4 is 29.1 Å². The van der Waals surface area contributed by atoms with Crippen LogP contribution in [0, 0.1) is 5.82 Å². The predicted octanol–water partition coefficient (Wildman–Crippen LogP) is 4.31. The molecule has 0 radical (unpaired) electrons. The first kappa shape index (κ1) is 26.6. The van der Waals surface area contributed by atoms with Crippen LogP contribution in [0.3, 0.4) is 0 Å². The van der Waals surface area contributed by atoms with Crippen LogP contribution in [0.2, 0.25) is 0 Å². The standard InChI is InChI=1S/C28H26FN3O5S/c1-36-23-12-5-2-8-19(23)18-32(25(33)17-31-27(34)24-13-7-15-38-24)26(21-10-3-4-11-22(21)29)28(35)30-16-20-9-6-14-37-20/h2-15,26H,16-18H2,1H3,(H,30,35)(H,31,34)/t26-/m1/s1. The molecule has 0 aliphatic heterocycles. The van der Waals surface area contributed by atoms with Crippen molar-refractivity contribution in [2.75, 3.05) is 13.7 Å². The number of ether oxygens (including phenoxy) is 1. The second kappa shape index (κ2) is 12.7. The molecule has 2 aromatic heterocycles. The van der Waals surface area contributed by atoms with Gasteiger partial charge in [0.05, 0.1) is 37.9 Å². The molecule has 2 heterocycles. The van der Waals surface area contributed by atoms with Gasteiger partial charge in [-0.1, -0.05) is 42.5 Å².